The second kappa shape index (κ2) is 4.44. The molecule has 14 heavy (non-hydrogen) atoms. The number of rotatable bonds is 2. The minimum Gasteiger partial charge on any atom is -0.467 e. The van der Waals surface area contributed by atoms with E-state index >= 15 is 0 Å². The van der Waals surface area contributed by atoms with Crippen molar-refractivity contribution in [2.45, 2.75) is 45.2 Å². The maximum absolute atomic E-state index is 11.6. The lowest BCUT2D eigenvalue weighted by molar-refractivity contribution is -0.151. The van der Waals surface area contributed by atoms with E-state index in [0.29, 0.717) is 6.42 Å². The maximum Gasteiger partial charge on any atom is 0.328 e. The fraction of sp³-hybridized carbons (Fsp3) is 0.800. The molecule has 1 amide bonds. The van der Waals surface area contributed by atoms with Gasteiger partial charge in [0.25, 0.3) is 0 Å². The predicted octanol–water partition coefficient (Wildman–Crippen LogP) is 0.949. The normalized spacial score (nSPS) is 26.4. The molecular weight excluding hydrogens is 182 g/mol. The molecule has 2 atom stereocenters. The van der Waals surface area contributed by atoms with Gasteiger partial charge in [-0.3, -0.25) is 4.79 Å². The van der Waals surface area contributed by atoms with E-state index in [0.717, 1.165) is 12.8 Å². The van der Waals surface area contributed by atoms with Crippen LogP contribution in [0.15, 0.2) is 0 Å². The molecule has 1 aliphatic rings. The summed E-state index contributed by atoms with van der Waals surface area (Å²) in [6.45, 7) is 3.78. The van der Waals surface area contributed by atoms with Crippen LogP contribution in [0.5, 0.6) is 0 Å². The van der Waals surface area contributed by atoms with Gasteiger partial charge in [-0.25, -0.2) is 4.79 Å². The lowest BCUT2D eigenvalue weighted by atomic mass is 10.2. The van der Waals surface area contributed by atoms with Gasteiger partial charge in [-0.1, -0.05) is 6.92 Å². The second-order valence-corrected chi connectivity index (χ2v) is 3.62. The van der Waals surface area contributed by atoms with Crippen molar-refractivity contribution in [3.05, 3.63) is 0 Å². The van der Waals surface area contributed by atoms with Crippen molar-refractivity contribution in [3.8, 4) is 0 Å². The topological polar surface area (TPSA) is 46.6 Å². The van der Waals surface area contributed by atoms with E-state index in [1.807, 2.05) is 13.8 Å². The number of methoxy groups -OCH3 is 1. The quantitative estimate of drug-likeness (QED) is 0.622. The summed E-state index contributed by atoms with van der Waals surface area (Å²) in [6.07, 6.45) is 2.04. The molecule has 4 heteroatoms. The third-order valence-electron chi connectivity index (χ3n) is 2.73. The molecule has 0 bridgehead atoms. The average molecular weight is 199 g/mol. The average Bonchev–Trinajstić information content (AvgIpc) is 2.58. The highest BCUT2D eigenvalue weighted by molar-refractivity contribution is 5.85. The summed E-state index contributed by atoms with van der Waals surface area (Å²) < 4.78 is 4.67. The first-order valence-corrected chi connectivity index (χ1v) is 5.00. The molecule has 0 N–H and O–H groups in total. The third kappa shape index (κ3) is 1.89. The number of ether oxygens (including phenoxy) is 1. The lowest BCUT2D eigenvalue weighted by Crippen LogP contribution is -2.44. The smallest absolute Gasteiger partial charge is 0.328 e. The van der Waals surface area contributed by atoms with Gasteiger partial charge in [-0.05, 0) is 19.8 Å². The molecule has 4 nitrogen and oxygen atoms in total. The van der Waals surface area contributed by atoms with Crippen LogP contribution in [0.4, 0.5) is 0 Å². The van der Waals surface area contributed by atoms with Crippen LogP contribution >= 0.6 is 0 Å². The molecule has 0 saturated carbocycles. The summed E-state index contributed by atoms with van der Waals surface area (Å²) in [5, 5.41) is 0. The van der Waals surface area contributed by atoms with E-state index in [1.54, 1.807) is 4.90 Å². The summed E-state index contributed by atoms with van der Waals surface area (Å²) in [5.74, 6) is -0.262. The van der Waals surface area contributed by atoms with Crippen LogP contribution in [0.3, 0.4) is 0 Å². The van der Waals surface area contributed by atoms with Gasteiger partial charge >= 0.3 is 5.97 Å². The zero-order chi connectivity index (χ0) is 10.7. The highest BCUT2D eigenvalue weighted by atomic mass is 16.5. The molecule has 0 aliphatic carbocycles. The highest BCUT2D eigenvalue weighted by Crippen LogP contribution is 2.25. The summed E-state index contributed by atoms with van der Waals surface area (Å²) in [4.78, 5) is 24.6. The van der Waals surface area contributed by atoms with Crippen LogP contribution in [0.1, 0.15) is 33.1 Å². The fourth-order valence-corrected chi connectivity index (χ4v) is 1.95. The van der Waals surface area contributed by atoms with Crippen LogP contribution in [-0.2, 0) is 14.3 Å². The Kier molecular flexibility index (Phi) is 3.49. The number of nitrogens with zero attached hydrogens (tertiary/aromatic N) is 1. The molecule has 0 aromatic rings. The Morgan fingerprint density at radius 3 is 2.57 bits per heavy atom. The van der Waals surface area contributed by atoms with Gasteiger partial charge in [0.2, 0.25) is 5.91 Å². The predicted molar refractivity (Wildman–Crippen MR) is 51.6 cm³/mol. The molecule has 1 aliphatic heterocycles. The van der Waals surface area contributed by atoms with Crippen LogP contribution in [-0.4, -0.2) is 36.0 Å². The molecule has 0 radical (unpaired) electrons. The second-order valence-electron chi connectivity index (χ2n) is 3.62. The van der Waals surface area contributed by atoms with E-state index in [-0.39, 0.29) is 24.0 Å². The minimum absolute atomic E-state index is 0.0328. The number of amides is 1. The van der Waals surface area contributed by atoms with Crippen LogP contribution in [0.2, 0.25) is 0 Å². The number of likely N-dealkylation sites (tertiary alicyclic amines) is 1. The molecule has 80 valence electrons. The van der Waals surface area contributed by atoms with E-state index in [9.17, 15) is 9.59 Å². The first-order chi connectivity index (χ1) is 6.61. The zero-order valence-electron chi connectivity index (χ0n) is 8.95. The summed E-state index contributed by atoms with van der Waals surface area (Å²) >= 11 is 0. The van der Waals surface area contributed by atoms with Crippen molar-refractivity contribution < 1.29 is 14.3 Å². The fourth-order valence-electron chi connectivity index (χ4n) is 1.95. The maximum atomic E-state index is 11.6. The first-order valence-electron chi connectivity index (χ1n) is 5.00. The van der Waals surface area contributed by atoms with Crippen molar-refractivity contribution in [1.29, 1.82) is 0 Å². The molecule has 1 saturated heterocycles. The largest absolute Gasteiger partial charge is 0.467 e. The Bertz CT molecular complexity index is 240. The van der Waals surface area contributed by atoms with Gasteiger partial charge in [-0.2, -0.15) is 0 Å². The Labute approximate surface area is 84.2 Å². The minimum atomic E-state index is -0.359. The standard InChI is InChI=1S/C10H17NO3/c1-4-9(12)11-7(2)5-6-8(11)10(13)14-3/h7-8H,4-6H2,1-3H3/t7-,8-/m0/s1. The van der Waals surface area contributed by atoms with E-state index in [1.165, 1.54) is 7.11 Å². The van der Waals surface area contributed by atoms with E-state index < -0.39 is 0 Å². The molecule has 0 unspecified atom stereocenters. The van der Waals surface area contributed by atoms with Crippen molar-refractivity contribution in [2.75, 3.05) is 7.11 Å². The van der Waals surface area contributed by atoms with Crippen molar-refractivity contribution in [3.63, 3.8) is 0 Å². The number of carbonyl (C=O) groups is 2. The molecular formula is C10H17NO3. The summed E-state index contributed by atoms with van der Waals surface area (Å²) in [5.41, 5.74) is 0. The molecule has 1 rings (SSSR count). The number of hydrogen-bond acceptors (Lipinski definition) is 3. The van der Waals surface area contributed by atoms with Gasteiger partial charge < -0.3 is 9.64 Å². The van der Waals surface area contributed by atoms with Gasteiger partial charge in [0.05, 0.1) is 7.11 Å². The van der Waals surface area contributed by atoms with Crippen LogP contribution in [0, 0.1) is 0 Å². The van der Waals surface area contributed by atoms with Crippen LogP contribution < -0.4 is 0 Å². The monoisotopic (exact) mass is 199 g/mol. The van der Waals surface area contributed by atoms with Crippen molar-refractivity contribution in [2.24, 2.45) is 0 Å². The summed E-state index contributed by atoms with van der Waals surface area (Å²) in [6, 6.07) is -0.200. The third-order valence-corrected chi connectivity index (χ3v) is 2.73. The molecule has 0 aromatic heterocycles. The molecule has 1 fully saturated rings. The molecule has 1 heterocycles. The van der Waals surface area contributed by atoms with E-state index in [2.05, 4.69) is 4.74 Å². The SMILES string of the molecule is CCC(=O)N1[C@@H](C)CC[C@H]1C(=O)OC. The van der Waals surface area contributed by atoms with Gasteiger partial charge in [0.1, 0.15) is 6.04 Å². The number of carbonyl (C=O) groups excluding carboxylic acids is 2. The first kappa shape index (κ1) is 11.0. The van der Waals surface area contributed by atoms with Crippen LogP contribution in [0.25, 0.3) is 0 Å². The van der Waals surface area contributed by atoms with Gasteiger partial charge in [0.15, 0.2) is 0 Å². The van der Waals surface area contributed by atoms with Gasteiger partial charge in [-0.15, -0.1) is 0 Å². The highest BCUT2D eigenvalue weighted by Gasteiger charge is 2.38. The Balaban J connectivity index is 2.76. The Morgan fingerprint density at radius 2 is 2.07 bits per heavy atom. The lowest BCUT2D eigenvalue weighted by Gasteiger charge is -2.26. The van der Waals surface area contributed by atoms with Crippen molar-refractivity contribution in [1.82, 2.24) is 4.90 Å². The number of hydrogen-bond donors (Lipinski definition) is 0. The summed E-state index contributed by atoms with van der Waals surface area (Å²) in [7, 11) is 1.36. The molecule has 0 aromatic carbocycles. The molecule has 0 spiro atoms. The Hall–Kier alpha value is -1.06. The Morgan fingerprint density at radius 1 is 1.43 bits per heavy atom. The van der Waals surface area contributed by atoms with Crippen molar-refractivity contribution >= 4 is 11.9 Å². The van der Waals surface area contributed by atoms with E-state index in [4.69, 9.17) is 0 Å². The van der Waals surface area contributed by atoms with Gasteiger partial charge in [0, 0.05) is 12.5 Å². The number of esters is 1. The zero-order valence-corrected chi connectivity index (χ0v) is 8.95.